The number of ether oxygens (including phenoxy) is 1. The van der Waals surface area contributed by atoms with Crippen molar-refractivity contribution < 1.29 is 13.9 Å². The van der Waals surface area contributed by atoms with E-state index in [4.69, 9.17) is 0 Å². The zero-order valence-electron chi connectivity index (χ0n) is 16.0. The van der Waals surface area contributed by atoms with Gasteiger partial charge in [0.15, 0.2) is 0 Å². The number of anilines is 2. The minimum Gasteiger partial charge on any atom is -0.468 e. The molecule has 0 amide bonds. The Morgan fingerprint density at radius 2 is 1.96 bits per heavy atom. The van der Waals surface area contributed by atoms with Crippen LogP contribution >= 0.6 is 0 Å². The number of rotatable bonds is 6. The minimum atomic E-state index is -0.235. The van der Waals surface area contributed by atoms with Gasteiger partial charge >= 0.3 is 0 Å². The Hall–Kier alpha value is -3.11. The lowest BCUT2D eigenvalue weighted by Gasteiger charge is -2.30. The van der Waals surface area contributed by atoms with Crippen molar-refractivity contribution in [2.45, 2.75) is 13.5 Å². The monoisotopic (exact) mass is 384 g/mol. The van der Waals surface area contributed by atoms with E-state index in [2.05, 4.69) is 26.3 Å². The summed E-state index contributed by atoms with van der Waals surface area (Å²) in [5.41, 5.74) is 3.55. The van der Waals surface area contributed by atoms with E-state index in [0.29, 0.717) is 25.2 Å². The number of nitriles is 1. The molecular formula is C21H25FN4O2. The number of carbonyl (C=O) groups excluding carboxylic acids is 1. The lowest BCUT2D eigenvalue weighted by Crippen LogP contribution is -2.43. The molecule has 1 saturated heterocycles. The SMILES string of the molecule is CCOC=O.N#Cc1cc(NCc2ccc(F)cc2)ccc1N1CCNCC1. The summed E-state index contributed by atoms with van der Waals surface area (Å²) in [5, 5.41) is 16.0. The quantitative estimate of drug-likeness (QED) is 0.746. The predicted molar refractivity (Wildman–Crippen MR) is 108 cm³/mol. The maximum atomic E-state index is 12.9. The van der Waals surface area contributed by atoms with E-state index >= 15 is 0 Å². The molecule has 0 aliphatic carbocycles. The third-order valence-electron chi connectivity index (χ3n) is 4.22. The number of benzene rings is 2. The second-order valence-electron chi connectivity index (χ2n) is 6.11. The summed E-state index contributed by atoms with van der Waals surface area (Å²) in [6.45, 7) is 6.97. The van der Waals surface area contributed by atoms with E-state index in [1.54, 1.807) is 19.1 Å². The molecule has 1 fully saturated rings. The Labute approximate surface area is 164 Å². The molecule has 0 saturated carbocycles. The van der Waals surface area contributed by atoms with Crippen molar-refractivity contribution >= 4 is 17.8 Å². The van der Waals surface area contributed by atoms with E-state index in [-0.39, 0.29) is 5.82 Å². The standard InChI is InChI=1S/C18H19FN4.C3H6O2/c19-16-3-1-14(2-4-16)13-22-17-5-6-18(15(11-17)12-20)23-9-7-21-8-10-23;1-2-5-3-4/h1-6,11,21-22H,7-10,13H2;3H,2H2,1H3. The largest absolute Gasteiger partial charge is 0.468 e. The molecule has 0 radical (unpaired) electrons. The summed E-state index contributed by atoms with van der Waals surface area (Å²) >= 11 is 0. The summed E-state index contributed by atoms with van der Waals surface area (Å²) in [4.78, 5) is 11.4. The van der Waals surface area contributed by atoms with Gasteiger partial charge in [0, 0.05) is 38.4 Å². The van der Waals surface area contributed by atoms with Crippen LogP contribution in [0.2, 0.25) is 0 Å². The highest BCUT2D eigenvalue weighted by atomic mass is 19.1. The zero-order valence-corrected chi connectivity index (χ0v) is 16.0. The van der Waals surface area contributed by atoms with Crippen LogP contribution < -0.4 is 15.5 Å². The van der Waals surface area contributed by atoms with E-state index in [1.165, 1.54) is 12.1 Å². The van der Waals surface area contributed by atoms with Crippen molar-refractivity contribution in [1.29, 1.82) is 5.26 Å². The second kappa shape index (κ2) is 11.6. The summed E-state index contributed by atoms with van der Waals surface area (Å²) in [7, 11) is 0. The van der Waals surface area contributed by atoms with Crippen molar-refractivity contribution in [1.82, 2.24) is 5.32 Å². The third kappa shape index (κ3) is 6.56. The van der Waals surface area contributed by atoms with Crippen LogP contribution in [-0.2, 0) is 16.1 Å². The highest BCUT2D eigenvalue weighted by Crippen LogP contribution is 2.24. The lowest BCUT2D eigenvalue weighted by atomic mass is 10.1. The van der Waals surface area contributed by atoms with Gasteiger partial charge in [0.05, 0.1) is 17.9 Å². The van der Waals surface area contributed by atoms with Gasteiger partial charge in [-0.1, -0.05) is 12.1 Å². The fraction of sp³-hybridized carbons (Fsp3) is 0.333. The first-order valence-corrected chi connectivity index (χ1v) is 9.21. The van der Waals surface area contributed by atoms with Crippen LogP contribution in [0, 0.1) is 17.1 Å². The average molecular weight is 384 g/mol. The molecule has 148 valence electrons. The topological polar surface area (TPSA) is 77.4 Å². The Morgan fingerprint density at radius 1 is 1.25 bits per heavy atom. The van der Waals surface area contributed by atoms with Gasteiger partial charge in [-0.05, 0) is 42.8 Å². The average Bonchev–Trinajstić information content (AvgIpc) is 2.75. The van der Waals surface area contributed by atoms with Gasteiger partial charge in [-0.2, -0.15) is 5.26 Å². The lowest BCUT2D eigenvalue weighted by molar-refractivity contribution is -0.128. The van der Waals surface area contributed by atoms with Gasteiger partial charge in [0.25, 0.3) is 6.47 Å². The maximum Gasteiger partial charge on any atom is 0.293 e. The summed E-state index contributed by atoms with van der Waals surface area (Å²) in [6, 6.07) is 14.6. The highest BCUT2D eigenvalue weighted by Gasteiger charge is 2.14. The smallest absolute Gasteiger partial charge is 0.293 e. The van der Waals surface area contributed by atoms with E-state index in [1.807, 2.05) is 18.2 Å². The molecule has 1 aliphatic rings. The van der Waals surface area contributed by atoms with Crippen LogP contribution in [0.1, 0.15) is 18.1 Å². The summed E-state index contributed by atoms with van der Waals surface area (Å²) < 4.78 is 17.1. The van der Waals surface area contributed by atoms with E-state index in [0.717, 1.165) is 43.1 Å². The molecule has 7 heteroatoms. The van der Waals surface area contributed by atoms with Gasteiger partial charge < -0.3 is 20.3 Å². The van der Waals surface area contributed by atoms with Gasteiger partial charge in [-0.15, -0.1) is 0 Å². The molecule has 1 heterocycles. The number of hydrogen-bond donors (Lipinski definition) is 2. The van der Waals surface area contributed by atoms with Crippen molar-refractivity contribution in [3.05, 3.63) is 59.4 Å². The first kappa shape index (κ1) is 21.2. The number of hydrogen-bond acceptors (Lipinski definition) is 6. The Bertz CT molecular complexity index is 784. The second-order valence-corrected chi connectivity index (χ2v) is 6.11. The summed E-state index contributed by atoms with van der Waals surface area (Å²) in [6.07, 6.45) is 0. The van der Waals surface area contributed by atoms with Crippen LogP contribution in [0.15, 0.2) is 42.5 Å². The molecule has 0 atom stereocenters. The number of halogens is 1. The van der Waals surface area contributed by atoms with Crippen molar-refractivity contribution in [3.8, 4) is 6.07 Å². The van der Waals surface area contributed by atoms with Crippen molar-refractivity contribution in [3.63, 3.8) is 0 Å². The van der Waals surface area contributed by atoms with E-state index in [9.17, 15) is 14.4 Å². The Balaban J connectivity index is 0.000000500. The molecule has 0 aromatic heterocycles. The van der Waals surface area contributed by atoms with Crippen LogP contribution in [0.3, 0.4) is 0 Å². The van der Waals surface area contributed by atoms with Gasteiger partial charge in [-0.25, -0.2) is 4.39 Å². The molecule has 0 bridgehead atoms. The van der Waals surface area contributed by atoms with E-state index < -0.39 is 0 Å². The molecular weight excluding hydrogens is 359 g/mol. The Kier molecular flexibility index (Phi) is 8.76. The number of nitrogens with zero attached hydrogens (tertiary/aromatic N) is 2. The van der Waals surface area contributed by atoms with Crippen molar-refractivity contribution in [2.75, 3.05) is 43.0 Å². The molecule has 0 unspecified atom stereocenters. The fourth-order valence-corrected chi connectivity index (χ4v) is 2.79. The molecule has 1 aliphatic heterocycles. The predicted octanol–water partition coefficient (Wildman–Crippen LogP) is 2.90. The van der Waals surface area contributed by atoms with Gasteiger partial charge in [0.1, 0.15) is 11.9 Å². The summed E-state index contributed by atoms with van der Waals surface area (Å²) in [5.74, 6) is -0.235. The maximum absolute atomic E-state index is 12.9. The molecule has 2 aromatic rings. The molecule has 28 heavy (non-hydrogen) atoms. The molecule has 2 aromatic carbocycles. The number of piperazine rings is 1. The molecule has 6 nitrogen and oxygen atoms in total. The van der Waals surface area contributed by atoms with Gasteiger partial charge in [-0.3, -0.25) is 4.79 Å². The molecule has 3 rings (SSSR count). The fourth-order valence-electron chi connectivity index (χ4n) is 2.79. The molecule has 0 spiro atoms. The third-order valence-corrected chi connectivity index (χ3v) is 4.22. The molecule has 2 N–H and O–H groups in total. The first-order valence-electron chi connectivity index (χ1n) is 9.21. The first-order chi connectivity index (χ1) is 13.7. The van der Waals surface area contributed by atoms with Gasteiger partial charge in [0.2, 0.25) is 0 Å². The normalized spacial score (nSPS) is 13.0. The highest BCUT2D eigenvalue weighted by molar-refractivity contribution is 5.65. The van der Waals surface area contributed by atoms with Crippen LogP contribution in [0.25, 0.3) is 0 Å². The van der Waals surface area contributed by atoms with Crippen molar-refractivity contribution in [2.24, 2.45) is 0 Å². The number of nitrogens with one attached hydrogen (secondary N) is 2. The number of carbonyl (C=O) groups is 1. The van der Waals surface area contributed by atoms with Crippen LogP contribution in [0.4, 0.5) is 15.8 Å². The van der Waals surface area contributed by atoms with Crippen LogP contribution in [-0.4, -0.2) is 39.3 Å². The van der Waals surface area contributed by atoms with Crippen LogP contribution in [0.5, 0.6) is 0 Å². The zero-order chi connectivity index (χ0) is 20.2. The Morgan fingerprint density at radius 3 is 2.54 bits per heavy atom. The minimum absolute atomic E-state index is 0.235.